The molecule has 0 atom stereocenters. The molecule has 0 bridgehead atoms. The molecular formula is C28H24N4S3. The number of aryl methyl sites for hydroxylation is 2. The Bertz CT molecular complexity index is 1500. The smallest absolute Gasteiger partial charge is 0.101 e. The van der Waals surface area contributed by atoms with Crippen molar-refractivity contribution in [1.82, 2.24) is 9.13 Å². The SMILES string of the molecule is CCCn1c(C=C(C#N)c2cccs2)cc2sc3cc(C=C(C#N)c4cccs4)n(CCC)c3c21. The Kier molecular flexibility index (Phi) is 6.74. The van der Waals surface area contributed by atoms with Gasteiger partial charge in [-0.05, 0) is 60.0 Å². The summed E-state index contributed by atoms with van der Waals surface area (Å²) in [7, 11) is 0. The molecule has 0 aromatic carbocycles. The van der Waals surface area contributed by atoms with Crippen molar-refractivity contribution in [2.75, 3.05) is 0 Å². The van der Waals surface area contributed by atoms with Gasteiger partial charge < -0.3 is 9.13 Å². The summed E-state index contributed by atoms with van der Waals surface area (Å²) in [6, 6.07) is 17.2. The van der Waals surface area contributed by atoms with E-state index in [4.69, 9.17) is 0 Å². The van der Waals surface area contributed by atoms with Crippen LogP contribution in [0.4, 0.5) is 0 Å². The Labute approximate surface area is 216 Å². The normalized spacial score (nSPS) is 12.5. The second-order valence-corrected chi connectivity index (χ2v) is 11.2. The van der Waals surface area contributed by atoms with Gasteiger partial charge in [-0.25, -0.2) is 0 Å². The summed E-state index contributed by atoms with van der Waals surface area (Å²) in [4.78, 5) is 1.98. The number of hydrogen-bond donors (Lipinski definition) is 0. The van der Waals surface area contributed by atoms with E-state index in [2.05, 4.69) is 47.3 Å². The van der Waals surface area contributed by atoms with E-state index in [0.717, 1.165) is 47.1 Å². The van der Waals surface area contributed by atoms with Crippen LogP contribution in [-0.2, 0) is 13.1 Å². The minimum absolute atomic E-state index is 0.695. The van der Waals surface area contributed by atoms with Crippen molar-refractivity contribution in [2.24, 2.45) is 0 Å². The Hall–Kier alpha value is -3.36. The first-order valence-electron chi connectivity index (χ1n) is 11.6. The number of allylic oxidation sites excluding steroid dienone is 2. The van der Waals surface area contributed by atoms with Crippen molar-refractivity contribution in [1.29, 1.82) is 10.5 Å². The highest BCUT2D eigenvalue weighted by atomic mass is 32.1. The molecular weight excluding hydrogens is 489 g/mol. The number of nitrogens with zero attached hydrogens (tertiary/aromatic N) is 4. The first-order chi connectivity index (χ1) is 17.2. The summed E-state index contributed by atoms with van der Waals surface area (Å²) in [5.74, 6) is 0. The molecule has 0 unspecified atom stereocenters. The van der Waals surface area contributed by atoms with Crippen LogP contribution in [0.1, 0.15) is 47.8 Å². The molecule has 0 radical (unpaired) electrons. The van der Waals surface area contributed by atoms with E-state index >= 15 is 0 Å². The van der Waals surface area contributed by atoms with E-state index in [1.807, 2.05) is 47.2 Å². The van der Waals surface area contributed by atoms with E-state index in [0.29, 0.717) is 11.1 Å². The third-order valence-electron chi connectivity index (χ3n) is 5.93. The fourth-order valence-corrected chi connectivity index (χ4v) is 7.08. The number of rotatable bonds is 8. The molecule has 174 valence electrons. The van der Waals surface area contributed by atoms with E-state index in [9.17, 15) is 10.5 Å². The van der Waals surface area contributed by atoms with Crippen LogP contribution in [0, 0.1) is 22.7 Å². The van der Waals surface area contributed by atoms with Crippen molar-refractivity contribution >= 4 is 77.7 Å². The van der Waals surface area contributed by atoms with Gasteiger partial charge in [-0.15, -0.1) is 34.0 Å². The number of thiophene rings is 3. The van der Waals surface area contributed by atoms with Crippen LogP contribution in [0.5, 0.6) is 0 Å². The summed E-state index contributed by atoms with van der Waals surface area (Å²) in [5.41, 5.74) is 5.98. The number of nitriles is 2. The quantitative estimate of drug-likeness (QED) is 0.195. The van der Waals surface area contributed by atoms with Crippen molar-refractivity contribution < 1.29 is 0 Å². The van der Waals surface area contributed by atoms with Gasteiger partial charge in [0.25, 0.3) is 0 Å². The molecule has 5 aromatic rings. The molecule has 0 fully saturated rings. The van der Waals surface area contributed by atoms with Crippen LogP contribution >= 0.6 is 34.0 Å². The van der Waals surface area contributed by atoms with Crippen molar-refractivity contribution in [3.8, 4) is 12.1 Å². The monoisotopic (exact) mass is 512 g/mol. The Morgan fingerprint density at radius 1 is 0.800 bits per heavy atom. The predicted octanol–water partition coefficient (Wildman–Crippen LogP) is 8.73. The summed E-state index contributed by atoms with van der Waals surface area (Å²) < 4.78 is 7.20. The fraction of sp³-hybridized carbons (Fsp3) is 0.214. The van der Waals surface area contributed by atoms with E-state index < -0.39 is 0 Å². The average molecular weight is 513 g/mol. The zero-order valence-electron chi connectivity index (χ0n) is 19.6. The maximum absolute atomic E-state index is 9.83. The summed E-state index contributed by atoms with van der Waals surface area (Å²) in [5, 5.41) is 23.7. The summed E-state index contributed by atoms with van der Waals surface area (Å²) in [6.07, 6.45) is 6.05. The molecule has 0 aliphatic heterocycles. The fourth-order valence-electron chi connectivity index (χ4n) is 4.49. The summed E-state index contributed by atoms with van der Waals surface area (Å²) >= 11 is 4.97. The van der Waals surface area contributed by atoms with Crippen LogP contribution in [0.15, 0.2) is 47.2 Å². The lowest BCUT2D eigenvalue weighted by atomic mass is 10.2. The number of aromatic nitrogens is 2. The Morgan fingerprint density at radius 2 is 1.26 bits per heavy atom. The maximum atomic E-state index is 9.83. The molecule has 0 saturated carbocycles. The first-order valence-corrected chi connectivity index (χ1v) is 14.2. The van der Waals surface area contributed by atoms with Crippen LogP contribution in [-0.4, -0.2) is 9.13 Å². The third kappa shape index (κ3) is 4.28. The van der Waals surface area contributed by atoms with Gasteiger partial charge in [0.2, 0.25) is 0 Å². The molecule has 5 aromatic heterocycles. The maximum Gasteiger partial charge on any atom is 0.101 e. The molecule has 0 aliphatic carbocycles. The Morgan fingerprint density at radius 3 is 1.60 bits per heavy atom. The van der Waals surface area contributed by atoms with Crippen LogP contribution < -0.4 is 0 Å². The van der Waals surface area contributed by atoms with Gasteiger partial charge in [-0.1, -0.05) is 26.0 Å². The highest BCUT2D eigenvalue weighted by molar-refractivity contribution is 7.25. The summed E-state index contributed by atoms with van der Waals surface area (Å²) in [6.45, 7) is 6.14. The van der Waals surface area contributed by atoms with E-state index in [-0.39, 0.29) is 0 Å². The lowest BCUT2D eigenvalue weighted by Crippen LogP contribution is -2.03. The van der Waals surface area contributed by atoms with Crippen LogP contribution in [0.2, 0.25) is 0 Å². The molecule has 7 heteroatoms. The van der Waals surface area contributed by atoms with Gasteiger partial charge in [0.15, 0.2) is 0 Å². The van der Waals surface area contributed by atoms with Crippen LogP contribution in [0.25, 0.3) is 43.7 Å². The molecule has 0 spiro atoms. The third-order valence-corrected chi connectivity index (χ3v) is 8.79. The molecule has 5 heterocycles. The predicted molar refractivity (Wildman–Crippen MR) is 151 cm³/mol. The van der Waals surface area contributed by atoms with Gasteiger partial charge in [-0.3, -0.25) is 0 Å². The van der Waals surface area contributed by atoms with Crippen molar-refractivity contribution in [2.45, 2.75) is 39.8 Å². The number of hydrogen-bond acceptors (Lipinski definition) is 5. The second kappa shape index (κ2) is 10.1. The van der Waals surface area contributed by atoms with Crippen molar-refractivity contribution in [3.05, 3.63) is 68.3 Å². The second-order valence-electron chi connectivity index (χ2n) is 8.26. The molecule has 4 nitrogen and oxygen atoms in total. The van der Waals surface area contributed by atoms with E-state index in [1.54, 1.807) is 34.0 Å². The lowest BCUT2D eigenvalue weighted by molar-refractivity contribution is 0.685. The van der Waals surface area contributed by atoms with Gasteiger partial charge in [-0.2, -0.15) is 10.5 Å². The molecule has 0 aliphatic rings. The molecule has 35 heavy (non-hydrogen) atoms. The molecule has 0 amide bonds. The first kappa shape index (κ1) is 23.4. The highest BCUT2D eigenvalue weighted by Gasteiger charge is 2.20. The van der Waals surface area contributed by atoms with Gasteiger partial charge in [0, 0.05) is 34.2 Å². The lowest BCUT2D eigenvalue weighted by Gasteiger charge is -2.10. The molecule has 0 N–H and O–H groups in total. The Balaban J connectivity index is 1.73. The largest absolute Gasteiger partial charge is 0.339 e. The number of fused-ring (bicyclic) bond motifs is 3. The van der Waals surface area contributed by atoms with Gasteiger partial charge >= 0.3 is 0 Å². The van der Waals surface area contributed by atoms with E-state index in [1.165, 1.54) is 20.4 Å². The minimum Gasteiger partial charge on any atom is -0.339 e. The zero-order valence-corrected chi connectivity index (χ0v) is 22.1. The zero-order chi connectivity index (χ0) is 24.4. The van der Waals surface area contributed by atoms with Crippen molar-refractivity contribution in [3.63, 3.8) is 0 Å². The van der Waals surface area contributed by atoms with Crippen LogP contribution in [0.3, 0.4) is 0 Å². The standard InChI is InChI=1S/C28H24N4S3/c1-3-9-31-21(13-19(17-29)23-7-5-11-33-23)15-25-27(31)28-26(35-25)16-22(32(28)10-4-2)14-20(18-30)24-8-6-12-34-24/h5-8,11-16H,3-4,9-10H2,1-2H3. The minimum atomic E-state index is 0.695. The topological polar surface area (TPSA) is 57.4 Å². The van der Waals surface area contributed by atoms with Gasteiger partial charge in [0.1, 0.15) is 12.1 Å². The molecule has 0 saturated heterocycles. The molecule has 5 rings (SSSR count). The highest BCUT2D eigenvalue weighted by Crippen LogP contribution is 2.40. The average Bonchev–Trinajstić information content (AvgIpc) is 3.67. The van der Waals surface area contributed by atoms with Gasteiger partial charge in [0.05, 0.1) is 31.6 Å².